The summed E-state index contributed by atoms with van der Waals surface area (Å²) in [4.78, 5) is 2.41. The molecule has 1 aliphatic rings. The zero-order chi connectivity index (χ0) is 20.7. The Kier molecular flexibility index (Phi) is 9.42. The lowest BCUT2D eigenvalue weighted by Gasteiger charge is -2.29. The van der Waals surface area contributed by atoms with Crippen molar-refractivity contribution in [2.24, 2.45) is 0 Å². The van der Waals surface area contributed by atoms with Gasteiger partial charge in [0, 0.05) is 19.6 Å². The molecule has 0 aromatic heterocycles. The predicted molar refractivity (Wildman–Crippen MR) is 122 cm³/mol. The van der Waals surface area contributed by atoms with E-state index in [-0.39, 0.29) is 18.2 Å². The first-order valence-electron chi connectivity index (χ1n) is 9.98. The topological polar surface area (TPSA) is 67.9 Å². The van der Waals surface area contributed by atoms with Gasteiger partial charge < -0.3 is 9.47 Å². The van der Waals surface area contributed by atoms with E-state index in [1.165, 1.54) is 11.1 Å². The van der Waals surface area contributed by atoms with Crippen LogP contribution < -0.4 is 14.2 Å². The molecule has 0 unspecified atom stereocenters. The number of benzene rings is 2. The summed E-state index contributed by atoms with van der Waals surface area (Å²) in [5, 5.41) is 0. The summed E-state index contributed by atoms with van der Waals surface area (Å²) < 4.78 is 37.9. The number of nitrogens with one attached hydrogen (secondary N) is 1. The highest BCUT2D eigenvalue weighted by atomic mass is 35.5. The summed E-state index contributed by atoms with van der Waals surface area (Å²) in [6.07, 6.45) is 2.76. The van der Waals surface area contributed by atoms with Crippen LogP contribution in [-0.4, -0.2) is 47.2 Å². The fourth-order valence-electron chi connectivity index (χ4n) is 3.67. The number of rotatable bonds is 10. The number of fused-ring (bicyclic) bond motifs is 1. The first-order valence-corrected chi connectivity index (χ1v) is 11.6. The highest BCUT2D eigenvalue weighted by molar-refractivity contribution is 7.88. The molecule has 0 fully saturated rings. The predicted octanol–water partition coefficient (Wildman–Crippen LogP) is 3.38. The lowest BCUT2D eigenvalue weighted by Crippen LogP contribution is -2.32. The Labute approximate surface area is 186 Å². The molecule has 0 saturated heterocycles. The van der Waals surface area contributed by atoms with Gasteiger partial charge in [0.05, 0.1) is 20.0 Å². The molecular formula is C22H31ClN2O4S. The molecule has 0 atom stereocenters. The van der Waals surface area contributed by atoms with Crippen LogP contribution in [0.5, 0.6) is 11.5 Å². The van der Waals surface area contributed by atoms with E-state index < -0.39 is 10.0 Å². The Hall–Kier alpha value is -1.80. The van der Waals surface area contributed by atoms with Crippen molar-refractivity contribution < 1.29 is 17.9 Å². The lowest BCUT2D eigenvalue weighted by atomic mass is 9.98. The van der Waals surface area contributed by atoms with E-state index in [4.69, 9.17) is 9.47 Å². The van der Waals surface area contributed by atoms with Gasteiger partial charge in [-0.15, -0.1) is 12.4 Å². The van der Waals surface area contributed by atoms with Gasteiger partial charge in [0.2, 0.25) is 10.0 Å². The van der Waals surface area contributed by atoms with Gasteiger partial charge in [-0.3, -0.25) is 4.90 Å². The number of halogens is 1. The second-order valence-corrected chi connectivity index (χ2v) is 9.16. The zero-order valence-electron chi connectivity index (χ0n) is 17.6. The average Bonchev–Trinajstić information content (AvgIpc) is 2.72. The Balaban J connectivity index is 0.00000320. The monoisotopic (exact) mass is 454 g/mol. The number of unbranched alkanes of at least 4 members (excludes halogenated alkanes) is 1. The van der Waals surface area contributed by atoms with Crippen LogP contribution in [0.25, 0.3) is 0 Å². The fraction of sp³-hybridized carbons (Fsp3) is 0.455. The lowest BCUT2D eigenvalue weighted by molar-refractivity contribution is 0.248. The number of ether oxygens (including phenoxy) is 2. The molecule has 0 spiro atoms. The number of hydrogen-bond donors (Lipinski definition) is 1. The molecule has 1 aliphatic heterocycles. The van der Waals surface area contributed by atoms with E-state index in [9.17, 15) is 8.42 Å². The molecule has 2 aromatic rings. The van der Waals surface area contributed by atoms with Gasteiger partial charge in [-0.05, 0) is 54.6 Å². The van der Waals surface area contributed by atoms with Gasteiger partial charge >= 0.3 is 0 Å². The summed E-state index contributed by atoms with van der Waals surface area (Å²) in [7, 11) is 0.0330. The largest absolute Gasteiger partial charge is 0.493 e. The second kappa shape index (κ2) is 11.6. The maximum Gasteiger partial charge on any atom is 0.215 e. The van der Waals surface area contributed by atoms with Crippen molar-refractivity contribution in [2.75, 3.05) is 33.9 Å². The van der Waals surface area contributed by atoms with Crippen molar-refractivity contribution in [1.29, 1.82) is 0 Å². The summed E-state index contributed by atoms with van der Waals surface area (Å²) in [6.45, 7) is 3.32. The van der Waals surface area contributed by atoms with Gasteiger partial charge in [-0.1, -0.05) is 30.3 Å². The Bertz CT molecular complexity index is 907. The third-order valence-corrected chi connectivity index (χ3v) is 6.58. The molecule has 0 radical (unpaired) electrons. The van der Waals surface area contributed by atoms with Crippen molar-refractivity contribution in [2.45, 2.75) is 31.6 Å². The van der Waals surface area contributed by atoms with Crippen molar-refractivity contribution in [3.8, 4) is 11.5 Å². The smallest absolute Gasteiger partial charge is 0.215 e. The Morgan fingerprint density at radius 1 is 1.00 bits per heavy atom. The van der Waals surface area contributed by atoms with E-state index in [2.05, 4.69) is 21.8 Å². The van der Waals surface area contributed by atoms with Crippen molar-refractivity contribution >= 4 is 22.4 Å². The summed E-state index contributed by atoms with van der Waals surface area (Å²) in [5.74, 6) is 1.57. The van der Waals surface area contributed by atoms with Gasteiger partial charge in [0.1, 0.15) is 0 Å². The van der Waals surface area contributed by atoms with Crippen LogP contribution in [0.4, 0.5) is 0 Å². The van der Waals surface area contributed by atoms with Gasteiger partial charge in [-0.2, -0.15) is 0 Å². The standard InChI is InChI=1S/C22H30N2O4S.ClH/c1-27-21-14-19-10-13-24(16-20(19)15-22(21)28-2)12-7-6-11-23-29(25,26)17-18-8-4-3-5-9-18;/h3-5,8-9,14-15,23H,6-7,10-13,16-17H2,1-2H3;1H. The molecule has 0 saturated carbocycles. The van der Waals surface area contributed by atoms with E-state index in [0.29, 0.717) is 6.54 Å². The van der Waals surface area contributed by atoms with Gasteiger partial charge in [0.25, 0.3) is 0 Å². The molecule has 8 heteroatoms. The molecule has 0 bridgehead atoms. The SMILES string of the molecule is COc1cc2c(cc1OC)CN(CCCCNS(=O)(=O)Cc1ccccc1)CC2.Cl. The maximum absolute atomic E-state index is 12.2. The van der Waals surface area contributed by atoms with Crippen molar-refractivity contribution in [3.63, 3.8) is 0 Å². The zero-order valence-corrected chi connectivity index (χ0v) is 19.2. The Morgan fingerprint density at radius 2 is 1.67 bits per heavy atom. The van der Waals surface area contributed by atoms with Crippen molar-refractivity contribution in [1.82, 2.24) is 9.62 Å². The summed E-state index contributed by atoms with van der Waals surface area (Å²) in [5.41, 5.74) is 3.39. The van der Waals surface area contributed by atoms with Crippen molar-refractivity contribution in [3.05, 3.63) is 59.2 Å². The molecule has 2 aromatic carbocycles. The van der Waals surface area contributed by atoms with E-state index >= 15 is 0 Å². The molecule has 1 N–H and O–H groups in total. The maximum atomic E-state index is 12.2. The molecule has 6 nitrogen and oxygen atoms in total. The fourth-order valence-corrected chi connectivity index (χ4v) is 4.85. The van der Waals surface area contributed by atoms with Crippen LogP contribution >= 0.6 is 12.4 Å². The minimum absolute atomic E-state index is 0. The number of methoxy groups -OCH3 is 2. The summed E-state index contributed by atoms with van der Waals surface area (Å²) >= 11 is 0. The highest BCUT2D eigenvalue weighted by Crippen LogP contribution is 2.33. The minimum Gasteiger partial charge on any atom is -0.493 e. The molecule has 1 heterocycles. The number of sulfonamides is 1. The molecule has 166 valence electrons. The van der Waals surface area contributed by atoms with Crippen LogP contribution in [-0.2, 0) is 28.7 Å². The van der Waals surface area contributed by atoms with Crippen LogP contribution in [0.3, 0.4) is 0 Å². The molecule has 30 heavy (non-hydrogen) atoms. The van der Waals surface area contributed by atoms with E-state index in [1.807, 2.05) is 30.3 Å². The second-order valence-electron chi connectivity index (χ2n) is 7.35. The number of nitrogens with zero attached hydrogens (tertiary/aromatic N) is 1. The van der Waals surface area contributed by atoms with E-state index in [1.54, 1.807) is 14.2 Å². The minimum atomic E-state index is -3.28. The highest BCUT2D eigenvalue weighted by Gasteiger charge is 2.19. The first-order chi connectivity index (χ1) is 14.0. The first kappa shape index (κ1) is 24.5. The summed E-state index contributed by atoms with van der Waals surface area (Å²) in [6, 6.07) is 13.4. The Morgan fingerprint density at radius 3 is 2.33 bits per heavy atom. The molecule has 0 aliphatic carbocycles. The normalized spacial score (nSPS) is 13.9. The average molecular weight is 455 g/mol. The van der Waals surface area contributed by atoms with Gasteiger partial charge in [0.15, 0.2) is 11.5 Å². The molecule has 3 rings (SSSR count). The molecule has 0 amide bonds. The third-order valence-electron chi connectivity index (χ3n) is 5.22. The number of hydrogen-bond acceptors (Lipinski definition) is 5. The van der Waals surface area contributed by atoms with E-state index in [0.717, 1.165) is 56.0 Å². The van der Waals surface area contributed by atoms with Crippen LogP contribution in [0, 0.1) is 0 Å². The van der Waals surface area contributed by atoms with Gasteiger partial charge in [-0.25, -0.2) is 13.1 Å². The molecular weight excluding hydrogens is 424 g/mol. The van der Waals surface area contributed by atoms with Crippen LogP contribution in [0.2, 0.25) is 0 Å². The quantitative estimate of drug-likeness (QED) is 0.557. The van der Waals surface area contributed by atoms with Crippen LogP contribution in [0.15, 0.2) is 42.5 Å². The third kappa shape index (κ3) is 6.87. The van der Waals surface area contributed by atoms with Crippen LogP contribution in [0.1, 0.15) is 29.5 Å².